The monoisotopic (exact) mass is 316 g/mol. The molecule has 0 spiro atoms. The first-order valence-electron chi connectivity index (χ1n) is 6.72. The molecule has 3 amide bonds. The van der Waals surface area contributed by atoms with Gasteiger partial charge in [0.25, 0.3) is 0 Å². The van der Waals surface area contributed by atoms with Crippen molar-refractivity contribution in [3.63, 3.8) is 0 Å². The summed E-state index contributed by atoms with van der Waals surface area (Å²) < 4.78 is 4.90. The van der Waals surface area contributed by atoms with E-state index < -0.39 is 11.8 Å². The van der Waals surface area contributed by atoms with E-state index in [9.17, 15) is 14.4 Å². The van der Waals surface area contributed by atoms with Gasteiger partial charge in [-0.15, -0.1) is 0 Å². The van der Waals surface area contributed by atoms with Crippen molar-refractivity contribution in [2.45, 2.75) is 25.8 Å². The van der Waals surface area contributed by atoms with Crippen molar-refractivity contribution in [3.05, 3.63) is 0 Å². The molecule has 0 bridgehead atoms. The second-order valence-corrected chi connectivity index (χ2v) is 5.11. The molecule has 0 unspecified atom stereocenters. The molecule has 4 N–H and O–H groups in total. The van der Waals surface area contributed by atoms with Crippen LogP contribution in [-0.4, -0.2) is 60.1 Å². The number of amides is 3. The van der Waals surface area contributed by atoms with Crippen LogP contribution in [0.25, 0.3) is 0 Å². The number of carbonyl (C=O) groups excluding carboxylic acids is 3. The van der Waals surface area contributed by atoms with Crippen molar-refractivity contribution in [1.82, 2.24) is 15.5 Å². The van der Waals surface area contributed by atoms with Crippen LogP contribution in [0.15, 0.2) is 0 Å². The molecular formula is C12H20N4O4S. The quantitative estimate of drug-likeness (QED) is 0.459. The van der Waals surface area contributed by atoms with Gasteiger partial charge in [0.15, 0.2) is 0 Å². The molecule has 118 valence electrons. The van der Waals surface area contributed by atoms with Gasteiger partial charge in [-0.2, -0.15) is 0 Å². The Labute approximate surface area is 128 Å². The molecule has 1 saturated heterocycles. The standard InChI is InChI=1S/C12H20N4O4S/c1-2-20-12(19)16-5-3-8(4-6-16)15-11(18)10(17)14-7-9(13)21/h8H,2-7H2,1H3,(H2,13,21)(H,14,17)(H,15,18). The average Bonchev–Trinajstić information content (AvgIpc) is 2.45. The highest BCUT2D eigenvalue weighted by atomic mass is 32.1. The Morgan fingerprint density at radius 2 is 1.90 bits per heavy atom. The summed E-state index contributed by atoms with van der Waals surface area (Å²) in [5, 5.41) is 4.93. The largest absolute Gasteiger partial charge is 0.450 e. The molecule has 0 aliphatic carbocycles. The molecule has 8 nitrogen and oxygen atoms in total. The molecular weight excluding hydrogens is 296 g/mol. The molecule has 1 heterocycles. The van der Waals surface area contributed by atoms with E-state index in [1.165, 1.54) is 0 Å². The van der Waals surface area contributed by atoms with Crippen molar-refractivity contribution in [3.8, 4) is 0 Å². The Hall–Kier alpha value is -1.90. The summed E-state index contributed by atoms with van der Waals surface area (Å²) in [6.45, 7) is 3.04. The number of thiocarbonyl (C=S) groups is 1. The van der Waals surface area contributed by atoms with Crippen LogP contribution in [0.4, 0.5) is 4.79 Å². The topological polar surface area (TPSA) is 114 Å². The van der Waals surface area contributed by atoms with E-state index in [0.29, 0.717) is 32.5 Å². The second-order valence-electron chi connectivity index (χ2n) is 4.58. The third kappa shape index (κ3) is 5.94. The number of nitrogens with two attached hydrogens (primary N) is 1. The molecule has 1 fully saturated rings. The summed E-state index contributed by atoms with van der Waals surface area (Å²) in [4.78, 5) is 36.3. The molecule has 0 aromatic carbocycles. The van der Waals surface area contributed by atoms with Crippen LogP contribution in [0, 0.1) is 0 Å². The first kappa shape index (κ1) is 17.2. The first-order chi connectivity index (χ1) is 9.93. The Morgan fingerprint density at radius 3 is 2.43 bits per heavy atom. The number of piperidine rings is 1. The highest BCUT2D eigenvalue weighted by Crippen LogP contribution is 2.11. The predicted octanol–water partition coefficient (Wildman–Crippen LogP) is -0.874. The molecule has 0 aromatic heterocycles. The van der Waals surface area contributed by atoms with Gasteiger partial charge in [-0.25, -0.2) is 4.79 Å². The lowest BCUT2D eigenvalue weighted by Gasteiger charge is -2.31. The van der Waals surface area contributed by atoms with Crippen LogP contribution in [0.3, 0.4) is 0 Å². The van der Waals surface area contributed by atoms with Gasteiger partial charge in [-0.3, -0.25) is 9.59 Å². The lowest BCUT2D eigenvalue weighted by molar-refractivity contribution is -0.139. The minimum atomic E-state index is -0.768. The van der Waals surface area contributed by atoms with Gasteiger partial charge in [0, 0.05) is 19.1 Å². The fourth-order valence-corrected chi connectivity index (χ4v) is 1.99. The van der Waals surface area contributed by atoms with E-state index in [1.54, 1.807) is 11.8 Å². The zero-order chi connectivity index (χ0) is 15.8. The fraction of sp³-hybridized carbons (Fsp3) is 0.667. The highest BCUT2D eigenvalue weighted by Gasteiger charge is 2.26. The number of rotatable bonds is 4. The SMILES string of the molecule is CCOC(=O)N1CCC(NC(=O)C(=O)NCC(N)=S)CC1. The summed E-state index contributed by atoms with van der Waals surface area (Å²) in [6.07, 6.45) is 0.803. The van der Waals surface area contributed by atoms with Gasteiger partial charge in [0.2, 0.25) is 0 Å². The maximum atomic E-state index is 11.6. The molecule has 0 atom stereocenters. The Morgan fingerprint density at radius 1 is 1.29 bits per heavy atom. The van der Waals surface area contributed by atoms with Gasteiger partial charge < -0.3 is 26.0 Å². The van der Waals surface area contributed by atoms with Crippen molar-refractivity contribution in [2.24, 2.45) is 5.73 Å². The Kier molecular flexibility index (Phi) is 6.86. The van der Waals surface area contributed by atoms with Crippen LogP contribution in [0.5, 0.6) is 0 Å². The molecule has 1 aliphatic heterocycles. The van der Waals surface area contributed by atoms with Crippen LogP contribution in [0.2, 0.25) is 0 Å². The number of ether oxygens (including phenoxy) is 1. The van der Waals surface area contributed by atoms with Gasteiger partial charge >= 0.3 is 17.9 Å². The summed E-state index contributed by atoms with van der Waals surface area (Å²) in [5.41, 5.74) is 5.23. The van der Waals surface area contributed by atoms with Gasteiger partial charge in [0.05, 0.1) is 18.1 Å². The summed E-state index contributed by atoms with van der Waals surface area (Å²) >= 11 is 4.60. The third-order valence-corrected chi connectivity index (χ3v) is 3.13. The molecule has 0 aromatic rings. The predicted molar refractivity (Wildman–Crippen MR) is 79.6 cm³/mol. The van der Waals surface area contributed by atoms with Crippen molar-refractivity contribution in [2.75, 3.05) is 26.2 Å². The van der Waals surface area contributed by atoms with E-state index >= 15 is 0 Å². The number of carbonyl (C=O) groups is 3. The number of nitrogens with one attached hydrogen (secondary N) is 2. The molecule has 0 radical (unpaired) electrons. The summed E-state index contributed by atoms with van der Waals surface area (Å²) in [6, 6.07) is -0.140. The maximum absolute atomic E-state index is 11.6. The molecule has 0 saturated carbocycles. The van der Waals surface area contributed by atoms with E-state index in [4.69, 9.17) is 10.5 Å². The van der Waals surface area contributed by atoms with Crippen LogP contribution < -0.4 is 16.4 Å². The Bertz CT molecular complexity index is 421. The van der Waals surface area contributed by atoms with Crippen LogP contribution in [-0.2, 0) is 14.3 Å². The second kappa shape index (κ2) is 8.40. The zero-order valence-corrected chi connectivity index (χ0v) is 12.7. The summed E-state index contributed by atoms with van der Waals surface area (Å²) in [7, 11) is 0. The van der Waals surface area contributed by atoms with Gasteiger partial charge in [-0.1, -0.05) is 12.2 Å². The normalized spacial score (nSPS) is 15.2. The van der Waals surface area contributed by atoms with E-state index in [1.807, 2.05) is 0 Å². The van der Waals surface area contributed by atoms with E-state index in [0.717, 1.165) is 0 Å². The molecule has 1 aliphatic rings. The van der Waals surface area contributed by atoms with Gasteiger partial charge in [0.1, 0.15) is 0 Å². The number of likely N-dealkylation sites (tertiary alicyclic amines) is 1. The maximum Gasteiger partial charge on any atom is 0.409 e. The molecule has 9 heteroatoms. The Balaban J connectivity index is 2.31. The number of nitrogens with zero attached hydrogens (tertiary/aromatic N) is 1. The smallest absolute Gasteiger partial charge is 0.409 e. The molecule has 1 rings (SSSR count). The third-order valence-electron chi connectivity index (χ3n) is 2.99. The molecule has 21 heavy (non-hydrogen) atoms. The lowest BCUT2D eigenvalue weighted by atomic mass is 10.1. The van der Waals surface area contributed by atoms with Crippen molar-refractivity contribution >= 4 is 35.1 Å². The van der Waals surface area contributed by atoms with Crippen LogP contribution >= 0.6 is 12.2 Å². The highest BCUT2D eigenvalue weighted by molar-refractivity contribution is 7.80. The number of hydrogen-bond acceptors (Lipinski definition) is 5. The number of hydrogen-bond donors (Lipinski definition) is 3. The van der Waals surface area contributed by atoms with E-state index in [-0.39, 0.29) is 23.7 Å². The minimum absolute atomic E-state index is 0.0110. The first-order valence-corrected chi connectivity index (χ1v) is 7.13. The van der Waals surface area contributed by atoms with Crippen molar-refractivity contribution < 1.29 is 19.1 Å². The lowest BCUT2D eigenvalue weighted by Crippen LogP contribution is -2.50. The van der Waals surface area contributed by atoms with Gasteiger partial charge in [-0.05, 0) is 19.8 Å². The fourth-order valence-electron chi connectivity index (χ4n) is 1.92. The van der Waals surface area contributed by atoms with Crippen molar-refractivity contribution in [1.29, 1.82) is 0 Å². The summed E-state index contributed by atoms with van der Waals surface area (Å²) in [5.74, 6) is -1.49. The van der Waals surface area contributed by atoms with Crippen LogP contribution in [0.1, 0.15) is 19.8 Å². The van der Waals surface area contributed by atoms with E-state index in [2.05, 4.69) is 22.9 Å². The average molecular weight is 316 g/mol. The minimum Gasteiger partial charge on any atom is -0.450 e. The zero-order valence-electron chi connectivity index (χ0n) is 11.9.